The van der Waals surface area contributed by atoms with Crippen LogP contribution in [0.3, 0.4) is 0 Å². The van der Waals surface area contributed by atoms with Gasteiger partial charge in [-0.1, -0.05) is 0 Å². The standard InChI is InChI=1S/C10H16N2O3/c1-10(15)6-7(8(13)9(10)14)12-4-2-11-3-5-12/h11,13,15H,2-6H2,1H3. The maximum absolute atomic E-state index is 11.5. The molecular weight excluding hydrogens is 196 g/mol. The van der Waals surface area contributed by atoms with E-state index in [0.717, 1.165) is 26.2 Å². The summed E-state index contributed by atoms with van der Waals surface area (Å²) >= 11 is 0. The number of hydrogen-bond acceptors (Lipinski definition) is 5. The Bertz CT molecular complexity index is 317. The van der Waals surface area contributed by atoms with Gasteiger partial charge in [0.25, 0.3) is 0 Å². The number of aliphatic hydroxyl groups is 2. The lowest BCUT2D eigenvalue weighted by atomic mass is 10.0. The van der Waals surface area contributed by atoms with E-state index >= 15 is 0 Å². The molecule has 0 amide bonds. The molecule has 1 unspecified atom stereocenters. The Balaban J connectivity index is 2.19. The van der Waals surface area contributed by atoms with Gasteiger partial charge in [0.15, 0.2) is 5.76 Å². The number of nitrogens with zero attached hydrogens (tertiary/aromatic N) is 1. The van der Waals surface area contributed by atoms with Crippen LogP contribution in [-0.2, 0) is 4.79 Å². The predicted octanol–water partition coefficient (Wildman–Crippen LogP) is -0.615. The second-order valence-corrected chi connectivity index (χ2v) is 4.31. The van der Waals surface area contributed by atoms with Crippen LogP contribution in [0.25, 0.3) is 0 Å². The van der Waals surface area contributed by atoms with Crippen LogP contribution in [0.1, 0.15) is 13.3 Å². The topological polar surface area (TPSA) is 72.8 Å². The van der Waals surface area contributed by atoms with Crippen molar-refractivity contribution in [3.05, 3.63) is 11.5 Å². The molecule has 0 bridgehead atoms. The third kappa shape index (κ3) is 1.72. The zero-order chi connectivity index (χ0) is 11.1. The fraction of sp³-hybridized carbons (Fsp3) is 0.700. The van der Waals surface area contributed by atoms with Gasteiger partial charge in [0.05, 0.1) is 5.70 Å². The molecule has 1 aliphatic carbocycles. The summed E-state index contributed by atoms with van der Waals surface area (Å²) in [5.41, 5.74) is -0.837. The Morgan fingerprint density at radius 1 is 1.40 bits per heavy atom. The Hall–Kier alpha value is -1.07. The molecule has 1 saturated heterocycles. The van der Waals surface area contributed by atoms with E-state index in [4.69, 9.17) is 0 Å². The highest BCUT2D eigenvalue weighted by molar-refractivity contribution is 6.02. The maximum Gasteiger partial charge on any atom is 0.230 e. The van der Waals surface area contributed by atoms with Gasteiger partial charge < -0.3 is 20.4 Å². The molecule has 1 heterocycles. The molecule has 0 aromatic heterocycles. The van der Waals surface area contributed by atoms with Crippen molar-refractivity contribution in [2.24, 2.45) is 0 Å². The van der Waals surface area contributed by atoms with Crippen molar-refractivity contribution in [1.29, 1.82) is 0 Å². The molecule has 1 fully saturated rings. The van der Waals surface area contributed by atoms with E-state index in [1.54, 1.807) is 0 Å². The van der Waals surface area contributed by atoms with Crippen LogP contribution in [0, 0.1) is 0 Å². The van der Waals surface area contributed by atoms with Gasteiger partial charge in [0.2, 0.25) is 5.78 Å². The van der Waals surface area contributed by atoms with Gasteiger partial charge in [-0.25, -0.2) is 0 Å². The third-order valence-corrected chi connectivity index (χ3v) is 2.99. The minimum Gasteiger partial charge on any atom is -0.503 e. The summed E-state index contributed by atoms with van der Waals surface area (Å²) in [6.45, 7) is 4.66. The van der Waals surface area contributed by atoms with E-state index in [9.17, 15) is 15.0 Å². The summed E-state index contributed by atoms with van der Waals surface area (Å²) in [5, 5.41) is 22.6. The third-order valence-electron chi connectivity index (χ3n) is 2.99. The normalized spacial score (nSPS) is 32.7. The maximum atomic E-state index is 11.5. The van der Waals surface area contributed by atoms with Crippen molar-refractivity contribution < 1.29 is 15.0 Å². The summed E-state index contributed by atoms with van der Waals surface area (Å²) < 4.78 is 0. The second-order valence-electron chi connectivity index (χ2n) is 4.31. The Kier molecular flexibility index (Phi) is 2.44. The lowest BCUT2D eigenvalue weighted by molar-refractivity contribution is -0.132. The number of rotatable bonds is 1. The van der Waals surface area contributed by atoms with Crippen molar-refractivity contribution in [1.82, 2.24) is 10.2 Å². The van der Waals surface area contributed by atoms with Gasteiger partial charge in [-0.15, -0.1) is 0 Å². The van der Waals surface area contributed by atoms with Crippen molar-refractivity contribution in [2.45, 2.75) is 18.9 Å². The van der Waals surface area contributed by atoms with E-state index in [2.05, 4.69) is 5.32 Å². The highest BCUT2D eigenvalue weighted by Crippen LogP contribution is 2.32. The summed E-state index contributed by atoms with van der Waals surface area (Å²) in [7, 11) is 0. The van der Waals surface area contributed by atoms with Crippen LogP contribution in [0.2, 0.25) is 0 Å². The summed E-state index contributed by atoms with van der Waals surface area (Å²) in [6.07, 6.45) is 0.220. The average Bonchev–Trinajstić information content (AvgIpc) is 2.44. The zero-order valence-electron chi connectivity index (χ0n) is 8.79. The van der Waals surface area contributed by atoms with Crippen LogP contribution in [0.5, 0.6) is 0 Å². The average molecular weight is 212 g/mol. The molecule has 1 aliphatic heterocycles. The molecule has 0 saturated carbocycles. The fourth-order valence-corrected chi connectivity index (χ4v) is 2.07. The number of nitrogens with one attached hydrogen (secondary N) is 1. The number of aliphatic hydroxyl groups excluding tert-OH is 1. The zero-order valence-corrected chi connectivity index (χ0v) is 8.79. The number of piperazine rings is 1. The van der Waals surface area contributed by atoms with E-state index in [0.29, 0.717) is 5.70 Å². The monoisotopic (exact) mass is 212 g/mol. The number of hydrogen-bond donors (Lipinski definition) is 3. The summed E-state index contributed by atoms with van der Waals surface area (Å²) in [4.78, 5) is 13.4. The van der Waals surface area contributed by atoms with Crippen molar-refractivity contribution >= 4 is 5.78 Å². The van der Waals surface area contributed by atoms with Crippen LogP contribution in [0.15, 0.2) is 11.5 Å². The van der Waals surface area contributed by atoms with Crippen molar-refractivity contribution in [3.63, 3.8) is 0 Å². The molecule has 2 rings (SSSR count). The smallest absolute Gasteiger partial charge is 0.230 e. The molecule has 15 heavy (non-hydrogen) atoms. The minimum atomic E-state index is -1.43. The van der Waals surface area contributed by atoms with E-state index in [1.807, 2.05) is 4.90 Å². The highest BCUT2D eigenvalue weighted by Gasteiger charge is 2.43. The Morgan fingerprint density at radius 2 is 2.00 bits per heavy atom. The molecule has 2 aliphatic rings. The minimum absolute atomic E-state index is 0.220. The van der Waals surface area contributed by atoms with Crippen molar-refractivity contribution in [3.8, 4) is 0 Å². The van der Waals surface area contributed by atoms with Gasteiger partial charge >= 0.3 is 0 Å². The predicted molar refractivity (Wildman–Crippen MR) is 54.3 cm³/mol. The van der Waals surface area contributed by atoms with Crippen LogP contribution in [-0.4, -0.2) is 52.7 Å². The van der Waals surface area contributed by atoms with E-state index < -0.39 is 11.4 Å². The van der Waals surface area contributed by atoms with Crippen LogP contribution >= 0.6 is 0 Å². The molecule has 84 valence electrons. The molecule has 1 atom stereocenters. The molecule has 5 nitrogen and oxygen atoms in total. The molecular formula is C10H16N2O3. The van der Waals surface area contributed by atoms with Gasteiger partial charge in [0.1, 0.15) is 5.60 Å². The van der Waals surface area contributed by atoms with Crippen LogP contribution < -0.4 is 5.32 Å². The van der Waals surface area contributed by atoms with E-state index in [-0.39, 0.29) is 12.2 Å². The number of carbonyl (C=O) groups is 1. The summed E-state index contributed by atoms with van der Waals surface area (Å²) in [5.74, 6) is -0.821. The Morgan fingerprint density at radius 3 is 2.47 bits per heavy atom. The van der Waals surface area contributed by atoms with Gasteiger partial charge in [-0.05, 0) is 6.92 Å². The SMILES string of the molecule is CC1(O)CC(N2CCNCC2)=C(O)C1=O. The first kappa shape index (κ1) is 10.4. The molecule has 0 aromatic rings. The largest absolute Gasteiger partial charge is 0.503 e. The molecule has 0 aromatic carbocycles. The highest BCUT2D eigenvalue weighted by atomic mass is 16.3. The lowest BCUT2D eigenvalue weighted by Crippen LogP contribution is -2.43. The quantitative estimate of drug-likeness (QED) is 0.540. The molecule has 0 spiro atoms. The fourth-order valence-electron chi connectivity index (χ4n) is 2.07. The van der Waals surface area contributed by atoms with Crippen LogP contribution in [0.4, 0.5) is 0 Å². The van der Waals surface area contributed by atoms with Crippen molar-refractivity contribution in [2.75, 3.05) is 26.2 Å². The molecule has 0 radical (unpaired) electrons. The molecule has 3 N–H and O–H groups in total. The first-order chi connectivity index (χ1) is 7.02. The summed E-state index contributed by atoms with van der Waals surface area (Å²) in [6, 6.07) is 0. The first-order valence-electron chi connectivity index (χ1n) is 5.17. The number of ketones is 1. The number of carbonyl (C=O) groups excluding carboxylic acids is 1. The van der Waals surface area contributed by atoms with Gasteiger partial charge in [-0.2, -0.15) is 0 Å². The Labute approximate surface area is 88.4 Å². The van der Waals surface area contributed by atoms with E-state index in [1.165, 1.54) is 6.92 Å². The lowest BCUT2D eigenvalue weighted by Gasteiger charge is -2.30. The van der Waals surface area contributed by atoms with Gasteiger partial charge in [-0.3, -0.25) is 4.79 Å². The van der Waals surface area contributed by atoms with Gasteiger partial charge in [0, 0.05) is 32.6 Å². The molecule has 5 heteroatoms. The number of Topliss-reactive ketones (excluding diaryl/α,β-unsaturated/α-hetero) is 1. The second kappa shape index (κ2) is 3.50. The first-order valence-corrected chi connectivity index (χ1v) is 5.17.